The molecule has 0 aliphatic heterocycles. The number of benzene rings is 1. The van der Waals surface area contributed by atoms with E-state index in [4.69, 9.17) is 9.47 Å². The number of rotatable bonds is 9. The van der Waals surface area contributed by atoms with Gasteiger partial charge in [0.15, 0.2) is 6.61 Å². The van der Waals surface area contributed by atoms with E-state index in [0.717, 1.165) is 10.6 Å². The number of thioether (sulfide) groups is 1. The number of hydrogen-bond donors (Lipinski definition) is 2. The molecular formula is C16H22N2O5S. The van der Waals surface area contributed by atoms with Crippen LogP contribution < -0.4 is 15.4 Å². The van der Waals surface area contributed by atoms with Crippen molar-refractivity contribution in [1.29, 1.82) is 0 Å². The Morgan fingerprint density at radius 3 is 2.38 bits per heavy atom. The summed E-state index contributed by atoms with van der Waals surface area (Å²) in [4.78, 5) is 35.3. The van der Waals surface area contributed by atoms with Gasteiger partial charge in [-0.3, -0.25) is 14.4 Å². The highest BCUT2D eigenvalue weighted by Crippen LogP contribution is 2.21. The molecule has 0 bridgehead atoms. The van der Waals surface area contributed by atoms with E-state index in [1.54, 1.807) is 19.2 Å². The summed E-state index contributed by atoms with van der Waals surface area (Å²) in [6, 6.07) is 7.25. The lowest BCUT2D eigenvalue weighted by atomic mass is 10.3. The summed E-state index contributed by atoms with van der Waals surface area (Å²) >= 11 is 1.30. The molecular weight excluding hydrogens is 332 g/mol. The Balaban J connectivity index is 2.20. The first-order valence-corrected chi connectivity index (χ1v) is 8.37. The van der Waals surface area contributed by atoms with Crippen LogP contribution >= 0.6 is 11.8 Å². The lowest BCUT2D eigenvalue weighted by Gasteiger charge is -2.09. The first kappa shape index (κ1) is 19.8. The number of ether oxygens (including phenoxy) is 2. The average Bonchev–Trinajstić information content (AvgIpc) is 2.56. The minimum absolute atomic E-state index is 0.00205. The summed E-state index contributed by atoms with van der Waals surface area (Å²) in [5, 5.41) is 5.02. The Morgan fingerprint density at radius 2 is 1.79 bits per heavy atom. The quantitative estimate of drug-likeness (QED) is 0.507. The molecule has 0 saturated carbocycles. The van der Waals surface area contributed by atoms with Crippen molar-refractivity contribution in [3.05, 3.63) is 24.3 Å². The van der Waals surface area contributed by atoms with Gasteiger partial charge in [0.05, 0.1) is 19.4 Å². The van der Waals surface area contributed by atoms with Crippen LogP contribution in [0.3, 0.4) is 0 Å². The Kier molecular flexibility index (Phi) is 8.70. The first-order valence-electron chi connectivity index (χ1n) is 7.39. The maximum atomic E-state index is 11.6. The van der Waals surface area contributed by atoms with Gasteiger partial charge in [-0.05, 0) is 38.1 Å². The molecule has 0 fully saturated rings. The third-order valence-corrected chi connectivity index (χ3v) is 3.66. The summed E-state index contributed by atoms with van der Waals surface area (Å²) in [7, 11) is 1.58. The second-order valence-electron chi connectivity index (χ2n) is 5.12. The van der Waals surface area contributed by atoms with Crippen molar-refractivity contribution in [3.63, 3.8) is 0 Å². The van der Waals surface area contributed by atoms with Crippen LogP contribution in [0.15, 0.2) is 29.2 Å². The zero-order chi connectivity index (χ0) is 17.9. The van der Waals surface area contributed by atoms with Crippen molar-refractivity contribution in [2.75, 3.05) is 26.0 Å². The smallest absolute Gasteiger partial charge is 0.316 e. The minimum Gasteiger partial charge on any atom is -0.497 e. The fraction of sp³-hybridized carbons (Fsp3) is 0.438. The van der Waals surface area contributed by atoms with Crippen LogP contribution in [0.25, 0.3) is 0 Å². The summed E-state index contributed by atoms with van der Waals surface area (Å²) in [6.45, 7) is 3.09. The molecule has 2 N–H and O–H groups in total. The van der Waals surface area contributed by atoms with Crippen LogP contribution in [0.5, 0.6) is 5.75 Å². The van der Waals surface area contributed by atoms with E-state index in [9.17, 15) is 14.4 Å². The van der Waals surface area contributed by atoms with Crippen molar-refractivity contribution < 1.29 is 23.9 Å². The Morgan fingerprint density at radius 1 is 1.12 bits per heavy atom. The first-order chi connectivity index (χ1) is 11.4. The molecule has 7 nitrogen and oxygen atoms in total. The van der Waals surface area contributed by atoms with E-state index in [1.165, 1.54) is 11.8 Å². The minimum atomic E-state index is -0.517. The second kappa shape index (κ2) is 10.5. The van der Waals surface area contributed by atoms with E-state index in [2.05, 4.69) is 10.6 Å². The highest BCUT2D eigenvalue weighted by Gasteiger charge is 2.10. The number of carbonyl (C=O) groups is 3. The summed E-state index contributed by atoms with van der Waals surface area (Å²) in [5.74, 6) is -0.484. The van der Waals surface area contributed by atoms with Crippen molar-refractivity contribution in [2.24, 2.45) is 0 Å². The molecule has 0 spiro atoms. The van der Waals surface area contributed by atoms with Gasteiger partial charge in [-0.25, -0.2) is 0 Å². The molecule has 1 aromatic carbocycles. The second-order valence-corrected chi connectivity index (χ2v) is 6.17. The fourth-order valence-corrected chi connectivity index (χ4v) is 2.30. The lowest BCUT2D eigenvalue weighted by Crippen LogP contribution is -2.41. The molecule has 0 heterocycles. The van der Waals surface area contributed by atoms with Crippen molar-refractivity contribution >= 4 is 29.5 Å². The predicted molar refractivity (Wildman–Crippen MR) is 91.0 cm³/mol. The molecule has 0 aliphatic carbocycles. The largest absolute Gasteiger partial charge is 0.497 e. The summed E-state index contributed by atoms with van der Waals surface area (Å²) < 4.78 is 9.90. The predicted octanol–water partition coefficient (Wildman–Crippen LogP) is 0.971. The van der Waals surface area contributed by atoms with Crippen LogP contribution in [0.2, 0.25) is 0 Å². The Labute approximate surface area is 145 Å². The number of nitrogens with one attached hydrogen (secondary N) is 2. The number of carbonyl (C=O) groups excluding carboxylic acids is 3. The third-order valence-electron chi connectivity index (χ3n) is 2.68. The molecule has 24 heavy (non-hydrogen) atoms. The molecule has 1 aromatic rings. The van der Waals surface area contributed by atoms with Crippen LogP contribution in [0.4, 0.5) is 0 Å². The molecule has 0 atom stereocenters. The standard InChI is InChI=1S/C16H22N2O5S/c1-11(2)18-14(19)8-17-15(20)9-23-16(21)10-24-13-6-4-12(22-3)5-7-13/h4-7,11H,8-10H2,1-3H3,(H,17,20)(H,18,19). The van der Waals surface area contributed by atoms with Gasteiger partial charge in [0.2, 0.25) is 5.91 Å². The molecule has 132 valence electrons. The van der Waals surface area contributed by atoms with Crippen LogP contribution in [-0.2, 0) is 19.1 Å². The highest BCUT2D eigenvalue weighted by molar-refractivity contribution is 8.00. The molecule has 0 radical (unpaired) electrons. The molecule has 0 aliphatic rings. The zero-order valence-corrected chi connectivity index (χ0v) is 14.8. The van der Waals surface area contributed by atoms with Crippen LogP contribution in [0.1, 0.15) is 13.8 Å². The van der Waals surface area contributed by atoms with E-state index < -0.39 is 18.5 Å². The normalized spacial score (nSPS) is 10.2. The maximum absolute atomic E-state index is 11.6. The number of hydrogen-bond acceptors (Lipinski definition) is 6. The van der Waals surface area contributed by atoms with E-state index in [1.807, 2.05) is 26.0 Å². The number of amides is 2. The number of esters is 1. The van der Waals surface area contributed by atoms with E-state index in [0.29, 0.717) is 0 Å². The van der Waals surface area contributed by atoms with Crippen molar-refractivity contribution in [3.8, 4) is 5.75 Å². The van der Waals surface area contributed by atoms with Gasteiger partial charge < -0.3 is 20.1 Å². The Hall–Kier alpha value is -2.22. The molecule has 1 rings (SSSR count). The van der Waals surface area contributed by atoms with E-state index in [-0.39, 0.29) is 24.2 Å². The fourth-order valence-electron chi connectivity index (χ4n) is 1.60. The molecule has 2 amide bonds. The van der Waals surface area contributed by atoms with Crippen molar-refractivity contribution in [1.82, 2.24) is 10.6 Å². The molecule has 0 aromatic heterocycles. The van der Waals surface area contributed by atoms with Gasteiger partial charge in [0.25, 0.3) is 5.91 Å². The third kappa shape index (κ3) is 8.42. The molecule has 0 unspecified atom stereocenters. The molecule has 8 heteroatoms. The van der Waals surface area contributed by atoms with Gasteiger partial charge in [-0.1, -0.05) is 0 Å². The van der Waals surface area contributed by atoms with Crippen LogP contribution in [0, 0.1) is 0 Å². The van der Waals surface area contributed by atoms with E-state index >= 15 is 0 Å². The Bertz CT molecular complexity index is 560. The topological polar surface area (TPSA) is 93.7 Å². The zero-order valence-electron chi connectivity index (χ0n) is 14.0. The highest BCUT2D eigenvalue weighted by atomic mass is 32.2. The SMILES string of the molecule is COc1ccc(SCC(=O)OCC(=O)NCC(=O)NC(C)C)cc1. The van der Waals surface area contributed by atoms with Gasteiger partial charge in [0.1, 0.15) is 5.75 Å². The van der Waals surface area contributed by atoms with Gasteiger partial charge in [0, 0.05) is 10.9 Å². The van der Waals surface area contributed by atoms with Gasteiger partial charge in [-0.2, -0.15) is 0 Å². The van der Waals surface area contributed by atoms with Gasteiger partial charge in [-0.15, -0.1) is 11.8 Å². The van der Waals surface area contributed by atoms with Gasteiger partial charge >= 0.3 is 5.97 Å². The van der Waals surface area contributed by atoms with Crippen LogP contribution in [-0.4, -0.2) is 49.8 Å². The monoisotopic (exact) mass is 354 g/mol. The summed E-state index contributed by atoms with van der Waals surface area (Å²) in [6.07, 6.45) is 0. The van der Waals surface area contributed by atoms with Crippen molar-refractivity contribution in [2.45, 2.75) is 24.8 Å². The average molecular weight is 354 g/mol. The summed E-state index contributed by atoms with van der Waals surface area (Å²) in [5.41, 5.74) is 0. The maximum Gasteiger partial charge on any atom is 0.316 e. The number of methoxy groups -OCH3 is 1. The lowest BCUT2D eigenvalue weighted by molar-refractivity contribution is -0.146. The molecule has 0 saturated heterocycles.